The molecule has 0 radical (unpaired) electrons. The summed E-state index contributed by atoms with van der Waals surface area (Å²) < 4.78 is 0. The van der Waals surface area contributed by atoms with Gasteiger partial charge in [0.25, 0.3) is 0 Å². The van der Waals surface area contributed by atoms with E-state index in [1.165, 1.54) is 249 Å². The molecule has 0 N–H and O–H groups in total. The van der Waals surface area contributed by atoms with E-state index >= 15 is 0 Å². The normalized spacial score (nSPS) is 12.5. The molecule has 0 fully saturated rings. The Kier molecular flexibility index (Phi) is 22.4. The fraction of sp³-hybridized carbons (Fsp3) is 0.120. The molecular formula is C133H101N11. The summed E-state index contributed by atoms with van der Waals surface area (Å²) >= 11 is 0. The van der Waals surface area contributed by atoms with Gasteiger partial charge in [-0.1, -0.05) is 279 Å². The maximum atomic E-state index is 4.80. The van der Waals surface area contributed by atoms with E-state index in [2.05, 4.69) is 399 Å². The lowest BCUT2D eigenvalue weighted by atomic mass is 9.97. The molecule has 0 aliphatic heterocycles. The van der Waals surface area contributed by atoms with Gasteiger partial charge in [-0.25, -0.2) is 9.97 Å². The lowest BCUT2D eigenvalue weighted by Crippen LogP contribution is -1.94. The van der Waals surface area contributed by atoms with E-state index in [0.29, 0.717) is 0 Å². The number of aromatic nitrogens is 11. The van der Waals surface area contributed by atoms with Gasteiger partial charge in [-0.2, -0.15) is 0 Å². The molecule has 11 heterocycles. The summed E-state index contributed by atoms with van der Waals surface area (Å²) in [5.74, 6) is 0. The van der Waals surface area contributed by atoms with Crippen molar-refractivity contribution in [2.45, 2.75) is 107 Å². The van der Waals surface area contributed by atoms with Gasteiger partial charge in [-0.3, -0.25) is 44.9 Å². The highest BCUT2D eigenvalue weighted by molar-refractivity contribution is 6.07. The molecule has 11 nitrogen and oxygen atoms in total. The summed E-state index contributed by atoms with van der Waals surface area (Å²) in [6.07, 6.45) is 21.1. The van der Waals surface area contributed by atoms with Crippen molar-refractivity contribution in [3.63, 3.8) is 0 Å². The lowest BCUT2D eigenvalue weighted by Gasteiger charge is -2.08. The Hall–Kier alpha value is -17.4. The number of pyridine rings is 11. The van der Waals surface area contributed by atoms with Gasteiger partial charge in [-0.15, -0.1) is 0 Å². The Bertz CT molecular complexity index is 8500. The predicted molar refractivity (Wildman–Crippen MR) is 591 cm³/mol. The number of fused-ring (bicyclic) bond motifs is 40. The van der Waals surface area contributed by atoms with Crippen LogP contribution in [-0.4, -0.2) is 54.8 Å². The van der Waals surface area contributed by atoms with Gasteiger partial charge in [-0.05, 0) is 299 Å². The Labute approximate surface area is 837 Å². The molecule has 0 bridgehead atoms. The Balaban J connectivity index is 0.0000000862. The molecule has 0 amide bonds. The van der Waals surface area contributed by atoms with Crippen LogP contribution in [0, 0.1) is 55.4 Å². The van der Waals surface area contributed by atoms with Crippen molar-refractivity contribution >= 4 is 87.1 Å². The summed E-state index contributed by atoms with van der Waals surface area (Å²) in [5.41, 5.74) is 59.4. The average Bonchev–Trinajstić information content (AvgIpc) is 1.54. The minimum absolute atomic E-state index is 0.852. The lowest BCUT2D eigenvalue weighted by molar-refractivity contribution is 1.09. The quantitative estimate of drug-likeness (QED) is 0.143. The van der Waals surface area contributed by atoms with Crippen molar-refractivity contribution in [1.29, 1.82) is 0 Å². The van der Waals surface area contributed by atoms with Crippen LogP contribution < -0.4 is 0 Å². The van der Waals surface area contributed by atoms with Crippen molar-refractivity contribution in [2.75, 3.05) is 0 Å². The molecule has 11 heteroatoms. The third-order valence-electron chi connectivity index (χ3n) is 30.6. The second-order valence-corrected chi connectivity index (χ2v) is 38.9. The van der Waals surface area contributed by atoms with Gasteiger partial charge in [0.2, 0.25) is 0 Å². The van der Waals surface area contributed by atoms with Crippen molar-refractivity contribution < 1.29 is 0 Å². The van der Waals surface area contributed by atoms with Gasteiger partial charge in [0.05, 0.1) is 45.2 Å². The second-order valence-electron chi connectivity index (χ2n) is 38.9. The predicted octanol–water partition coefficient (Wildman–Crippen LogP) is 31.1. The van der Waals surface area contributed by atoms with E-state index in [-0.39, 0.29) is 0 Å². The van der Waals surface area contributed by atoms with Crippen LogP contribution in [0.3, 0.4) is 0 Å². The van der Waals surface area contributed by atoms with Crippen LogP contribution in [0.5, 0.6) is 0 Å². The topological polar surface area (TPSA) is 142 Å². The van der Waals surface area contributed by atoms with Crippen LogP contribution in [-0.2, 0) is 51.4 Å². The smallest absolute Gasteiger partial charge is 0.159 e. The summed E-state index contributed by atoms with van der Waals surface area (Å²) in [7, 11) is 0. The zero-order valence-corrected chi connectivity index (χ0v) is 81.8. The van der Waals surface area contributed by atoms with E-state index in [4.69, 9.17) is 15.0 Å². The minimum atomic E-state index is 0.852. The molecule has 0 spiro atoms. The first kappa shape index (κ1) is 88.0. The minimum Gasteiger partial charge on any atom is -0.264 e. The SMILES string of the molecule is Cc1cccc2c1Cc1ccc3ccccc3c1-2.Cc1ccnc2c1Cc1ccc3ccccc3c1-2.Cc1nc2c(c3ccccc13)-c1ccccc1C2.Cc1nc2ccccc2c2c1Cc1ccccc1-2.Cc1nc2cccnc2c2c1Cc1ccccc1-2.Cc1nc2ccncc2c2c1Cc1ccccc1-2.Cc1nc2cnccc2c2c1Cc1ccccc1-2.Cc1nc2ncccc2c2c1Cc1ccccc1-2. The van der Waals surface area contributed by atoms with Gasteiger partial charge in [0, 0.05) is 160 Å². The number of hydrogen-bond acceptors (Lipinski definition) is 11. The molecule has 0 saturated carbocycles. The van der Waals surface area contributed by atoms with Gasteiger partial charge in [0.1, 0.15) is 0 Å². The van der Waals surface area contributed by atoms with E-state index in [1.807, 2.05) is 67.6 Å². The first-order chi connectivity index (χ1) is 70.7. The maximum Gasteiger partial charge on any atom is 0.159 e. The zero-order valence-electron chi connectivity index (χ0n) is 81.8. The molecular weight excluding hydrogens is 1750 g/mol. The van der Waals surface area contributed by atoms with Crippen molar-refractivity contribution in [2.24, 2.45) is 0 Å². The zero-order chi connectivity index (χ0) is 96.9. The maximum absolute atomic E-state index is 4.80. The molecule has 688 valence electrons. The van der Waals surface area contributed by atoms with E-state index in [9.17, 15) is 0 Å². The fourth-order valence-corrected chi connectivity index (χ4v) is 23.7. The van der Waals surface area contributed by atoms with E-state index in [0.717, 1.165) is 113 Å². The van der Waals surface area contributed by atoms with Gasteiger partial charge in [0.15, 0.2) is 5.65 Å². The number of rotatable bonds is 0. The van der Waals surface area contributed by atoms with Crippen LogP contribution in [0.2, 0.25) is 0 Å². The Morgan fingerprint density at radius 2 is 0.583 bits per heavy atom. The number of hydrogen-bond donors (Lipinski definition) is 0. The molecule has 24 aromatic rings. The summed E-state index contributed by atoms with van der Waals surface area (Å²) in [6.45, 7) is 17.0. The standard InChI is InChI=1S/C18H14.3C17H13N.4C16H12N2/c1-12-5-4-8-16-17(12)11-14-10-9-13-6-2-3-7-15(13)18(14)16;1-11-13-7-4-5-9-15(13)17-14-8-3-2-6-12(14)10-16(17)18-11;1-11-15-10-12-6-2-3-7-13(12)17(15)14-8-4-5-9-16(14)18-11;1-11-8-9-18-17-15(11)10-13-7-6-12-4-2-3-5-14(12)16(13)17;1-10-13-9-11-5-2-3-6-12(11)15(13)16-14(18-10)7-4-8-17-16;1-10-14-9-11-5-2-3-6-12(11)15(14)13-7-4-8-17-16(13)18-10;1-10-13-8-11-4-2-3-5-12(11)16(13)14-9-17-7-6-15(14)18-10;1-10-14-8-11-4-2-3-5-12(11)16(14)13-6-7-17-9-15(13)18-10/h2-10H,11H2,1H3;3*2-9H,10H2,1H3;2*2-8H,9H2,1H3;2*2-7,9H,8H2,1H3. The molecule has 11 aromatic heterocycles. The first-order valence-electron chi connectivity index (χ1n) is 50.0. The summed E-state index contributed by atoms with van der Waals surface area (Å²) in [6, 6.07) is 116. The molecule has 0 atom stereocenters. The van der Waals surface area contributed by atoms with E-state index in [1.54, 1.807) is 0 Å². The van der Waals surface area contributed by atoms with Crippen LogP contribution >= 0.6 is 0 Å². The average molecular weight is 1850 g/mol. The third-order valence-corrected chi connectivity index (χ3v) is 30.6. The largest absolute Gasteiger partial charge is 0.264 e. The van der Waals surface area contributed by atoms with E-state index < -0.39 is 0 Å². The molecule has 32 rings (SSSR count). The third kappa shape index (κ3) is 15.5. The highest BCUT2D eigenvalue weighted by atomic mass is 14.8. The monoisotopic (exact) mass is 1850 g/mol. The second kappa shape index (κ2) is 36.7. The molecule has 8 aliphatic rings. The highest BCUT2D eigenvalue weighted by Crippen LogP contribution is 2.51. The molecule has 0 unspecified atom stereocenters. The number of nitrogens with zero attached hydrogens (tertiary/aromatic N) is 11. The van der Waals surface area contributed by atoms with Crippen molar-refractivity contribution in [3.8, 4) is 89.1 Å². The van der Waals surface area contributed by atoms with Crippen LogP contribution in [0.25, 0.3) is 176 Å². The highest BCUT2D eigenvalue weighted by Gasteiger charge is 2.32. The Morgan fingerprint density at radius 1 is 0.188 bits per heavy atom. The number of para-hydroxylation sites is 1. The van der Waals surface area contributed by atoms with Crippen LogP contribution in [0.1, 0.15) is 134 Å². The Morgan fingerprint density at radius 3 is 1.19 bits per heavy atom. The van der Waals surface area contributed by atoms with Crippen molar-refractivity contribution in [3.05, 3.63) is 505 Å². The molecule has 8 aliphatic carbocycles. The molecule has 144 heavy (non-hydrogen) atoms. The van der Waals surface area contributed by atoms with Gasteiger partial charge >= 0.3 is 0 Å². The van der Waals surface area contributed by atoms with Crippen molar-refractivity contribution in [1.82, 2.24) is 54.8 Å². The summed E-state index contributed by atoms with van der Waals surface area (Å²) in [5, 5.41) is 12.8. The molecule has 0 saturated heterocycles. The van der Waals surface area contributed by atoms with Gasteiger partial charge < -0.3 is 0 Å². The summed E-state index contributed by atoms with van der Waals surface area (Å²) in [4.78, 5) is 50.1. The fourth-order valence-electron chi connectivity index (χ4n) is 23.7. The number of aryl methyl sites for hydroxylation is 8. The molecule has 13 aromatic carbocycles. The van der Waals surface area contributed by atoms with Crippen LogP contribution in [0.4, 0.5) is 0 Å². The number of benzene rings is 13. The first-order valence-corrected chi connectivity index (χ1v) is 50.0. The van der Waals surface area contributed by atoms with Crippen LogP contribution in [0.15, 0.2) is 371 Å².